The number of carbonyl (C=O) groups excluding carboxylic acids is 2. The van der Waals surface area contributed by atoms with Crippen molar-refractivity contribution in [3.8, 4) is 5.75 Å². The first-order valence-electron chi connectivity index (χ1n) is 7.83. The van der Waals surface area contributed by atoms with Crippen molar-refractivity contribution in [1.82, 2.24) is 4.90 Å². The van der Waals surface area contributed by atoms with Crippen LogP contribution in [-0.4, -0.2) is 43.6 Å². The average molecular weight is 360 g/mol. The van der Waals surface area contributed by atoms with Gasteiger partial charge in [-0.1, -0.05) is 29.8 Å². The summed E-state index contributed by atoms with van der Waals surface area (Å²) in [5.74, 6) is 0.261. The molecule has 0 atom stereocenters. The minimum Gasteiger partial charge on any atom is -0.495 e. The van der Waals surface area contributed by atoms with Gasteiger partial charge in [0, 0.05) is 24.5 Å². The quantitative estimate of drug-likeness (QED) is 0.891. The lowest BCUT2D eigenvalue weighted by Gasteiger charge is -2.18. The molecule has 0 aromatic heterocycles. The number of nitrogens with one attached hydrogen (secondary N) is 1. The molecule has 0 spiro atoms. The molecule has 25 heavy (non-hydrogen) atoms. The highest BCUT2D eigenvalue weighted by Crippen LogP contribution is 2.27. The third kappa shape index (κ3) is 3.85. The molecule has 7 heteroatoms. The number of hydrogen-bond acceptors (Lipinski definition) is 3. The second-order valence-electron chi connectivity index (χ2n) is 5.59. The van der Waals surface area contributed by atoms with Crippen molar-refractivity contribution in [2.45, 2.75) is 0 Å². The highest BCUT2D eigenvalue weighted by molar-refractivity contribution is 6.32. The predicted molar refractivity (Wildman–Crippen MR) is 97.4 cm³/mol. The molecule has 2 aromatic rings. The van der Waals surface area contributed by atoms with Crippen LogP contribution in [0.2, 0.25) is 5.02 Å². The Balaban J connectivity index is 1.60. The van der Waals surface area contributed by atoms with E-state index in [0.717, 1.165) is 5.69 Å². The zero-order valence-corrected chi connectivity index (χ0v) is 14.5. The third-order valence-electron chi connectivity index (χ3n) is 3.93. The van der Waals surface area contributed by atoms with Crippen LogP contribution in [0.5, 0.6) is 5.75 Å². The summed E-state index contributed by atoms with van der Waals surface area (Å²) in [6.07, 6.45) is 0. The minimum atomic E-state index is -0.274. The van der Waals surface area contributed by atoms with E-state index in [0.29, 0.717) is 29.5 Å². The Labute approximate surface area is 150 Å². The number of amides is 3. The summed E-state index contributed by atoms with van der Waals surface area (Å²) < 4.78 is 5.08. The van der Waals surface area contributed by atoms with Crippen molar-refractivity contribution in [3.05, 3.63) is 53.6 Å². The molecule has 0 bridgehead atoms. The third-order valence-corrected chi connectivity index (χ3v) is 4.23. The number of ether oxygens (including phenoxy) is 1. The van der Waals surface area contributed by atoms with Gasteiger partial charge < -0.3 is 15.0 Å². The van der Waals surface area contributed by atoms with Crippen LogP contribution in [0.25, 0.3) is 0 Å². The minimum absolute atomic E-state index is 0.00812. The number of carbonyl (C=O) groups is 2. The van der Waals surface area contributed by atoms with Gasteiger partial charge >= 0.3 is 6.03 Å². The molecule has 3 amide bonds. The number of hydrogen-bond donors (Lipinski definition) is 1. The highest BCUT2D eigenvalue weighted by atomic mass is 35.5. The highest BCUT2D eigenvalue weighted by Gasteiger charge is 2.30. The van der Waals surface area contributed by atoms with E-state index in [2.05, 4.69) is 5.32 Å². The Morgan fingerprint density at radius 1 is 1.20 bits per heavy atom. The number of urea groups is 1. The number of methoxy groups -OCH3 is 1. The number of nitrogens with zero attached hydrogens (tertiary/aromatic N) is 2. The predicted octanol–water partition coefficient (Wildman–Crippen LogP) is 3.23. The summed E-state index contributed by atoms with van der Waals surface area (Å²) >= 11 is 6.05. The summed E-state index contributed by atoms with van der Waals surface area (Å²) in [7, 11) is 1.52. The van der Waals surface area contributed by atoms with Gasteiger partial charge in [0.1, 0.15) is 12.3 Å². The number of benzene rings is 2. The van der Waals surface area contributed by atoms with Crippen molar-refractivity contribution in [2.24, 2.45) is 0 Å². The van der Waals surface area contributed by atoms with Crippen LogP contribution in [0.15, 0.2) is 48.5 Å². The molecule has 130 valence electrons. The van der Waals surface area contributed by atoms with Crippen LogP contribution in [0, 0.1) is 0 Å². The molecule has 1 heterocycles. The van der Waals surface area contributed by atoms with E-state index in [9.17, 15) is 9.59 Å². The molecule has 0 aliphatic carbocycles. The first kappa shape index (κ1) is 17.1. The molecule has 2 aromatic carbocycles. The van der Waals surface area contributed by atoms with Crippen LogP contribution in [0.1, 0.15) is 0 Å². The lowest BCUT2D eigenvalue weighted by molar-refractivity contribution is -0.116. The van der Waals surface area contributed by atoms with Crippen LogP contribution < -0.4 is 15.0 Å². The smallest absolute Gasteiger partial charge is 0.325 e. The van der Waals surface area contributed by atoms with Crippen LogP contribution >= 0.6 is 11.6 Å². The monoisotopic (exact) mass is 359 g/mol. The fourth-order valence-corrected chi connectivity index (χ4v) is 2.95. The standard InChI is InChI=1S/C18H18ClN3O3/c1-25-16-8-7-13(11-15(16)19)20-17(23)12-21-9-10-22(18(21)24)14-5-3-2-4-6-14/h2-8,11H,9-10,12H2,1H3,(H,20,23). The fraction of sp³-hybridized carbons (Fsp3) is 0.222. The SMILES string of the molecule is COc1ccc(NC(=O)CN2CCN(c3ccccc3)C2=O)cc1Cl. The van der Waals surface area contributed by atoms with E-state index in [-0.39, 0.29) is 18.5 Å². The number of anilines is 2. The Bertz CT molecular complexity index is 782. The summed E-state index contributed by atoms with van der Waals surface area (Å²) in [5.41, 5.74) is 1.39. The zero-order valence-electron chi connectivity index (χ0n) is 13.7. The van der Waals surface area contributed by atoms with E-state index >= 15 is 0 Å². The van der Waals surface area contributed by atoms with Gasteiger partial charge in [0.25, 0.3) is 0 Å². The zero-order chi connectivity index (χ0) is 17.8. The van der Waals surface area contributed by atoms with Gasteiger partial charge in [0.05, 0.1) is 12.1 Å². The second kappa shape index (κ2) is 7.44. The lowest BCUT2D eigenvalue weighted by atomic mass is 10.3. The van der Waals surface area contributed by atoms with Gasteiger partial charge in [-0.3, -0.25) is 9.69 Å². The number of rotatable bonds is 5. The van der Waals surface area contributed by atoms with Crippen molar-refractivity contribution in [2.75, 3.05) is 37.0 Å². The van der Waals surface area contributed by atoms with Crippen LogP contribution in [0.3, 0.4) is 0 Å². The maximum atomic E-state index is 12.5. The second-order valence-corrected chi connectivity index (χ2v) is 6.00. The molecular formula is C18H18ClN3O3. The molecule has 0 unspecified atom stereocenters. The summed E-state index contributed by atoms with van der Waals surface area (Å²) in [6.45, 7) is 1.06. The average Bonchev–Trinajstić information content (AvgIpc) is 2.96. The molecular weight excluding hydrogens is 342 g/mol. The van der Waals surface area contributed by atoms with Crippen LogP contribution in [-0.2, 0) is 4.79 Å². The molecule has 1 N–H and O–H groups in total. The van der Waals surface area contributed by atoms with E-state index in [1.54, 1.807) is 23.1 Å². The van der Waals surface area contributed by atoms with Gasteiger partial charge in [-0.15, -0.1) is 0 Å². The van der Waals surface area contributed by atoms with Gasteiger partial charge in [-0.05, 0) is 30.3 Å². The fourth-order valence-electron chi connectivity index (χ4n) is 2.69. The normalized spacial score (nSPS) is 13.9. The molecule has 0 radical (unpaired) electrons. The van der Waals surface area contributed by atoms with Crippen molar-refractivity contribution >= 4 is 34.9 Å². The molecule has 1 aliphatic rings. The Hall–Kier alpha value is -2.73. The van der Waals surface area contributed by atoms with Gasteiger partial charge in [-0.2, -0.15) is 0 Å². The van der Waals surface area contributed by atoms with E-state index < -0.39 is 0 Å². The lowest BCUT2D eigenvalue weighted by Crippen LogP contribution is -2.37. The number of para-hydroxylation sites is 1. The molecule has 6 nitrogen and oxygen atoms in total. The maximum absolute atomic E-state index is 12.5. The van der Waals surface area contributed by atoms with Gasteiger partial charge in [0.2, 0.25) is 5.91 Å². The summed E-state index contributed by atoms with van der Waals surface area (Å²) in [6, 6.07) is 14.2. The van der Waals surface area contributed by atoms with Crippen LogP contribution in [0.4, 0.5) is 16.2 Å². The first-order chi connectivity index (χ1) is 12.1. The molecule has 1 saturated heterocycles. The van der Waals surface area contributed by atoms with Crippen molar-refractivity contribution in [1.29, 1.82) is 0 Å². The largest absolute Gasteiger partial charge is 0.495 e. The first-order valence-corrected chi connectivity index (χ1v) is 8.21. The van der Waals surface area contributed by atoms with Gasteiger partial charge in [-0.25, -0.2) is 4.79 Å². The van der Waals surface area contributed by atoms with Gasteiger partial charge in [0.15, 0.2) is 0 Å². The maximum Gasteiger partial charge on any atom is 0.325 e. The van der Waals surface area contributed by atoms with Crippen molar-refractivity contribution in [3.63, 3.8) is 0 Å². The molecule has 1 aliphatic heterocycles. The van der Waals surface area contributed by atoms with E-state index in [4.69, 9.17) is 16.3 Å². The topological polar surface area (TPSA) is 61.9 Å². The summed E-state index contributed by atoms with van der Waals surface area (Å²) in [5, 5.41) is 3.15. The molecule has 3 rings (SSSR count). The molecule has 1 fully saturated rings. The Morgan fingerprint density at radius 3 is 2.64 bits per heavy atom. The van der Waals surface area contributed by atoms with E-state index in [1.165, 1.54) is 12.0 Å². The summed E-state index contributed by atoms with van der Waals surface area (Å²) in [4.78, 5) is 27.9. The Kier molecular flexibility index (Phi) is 5.09. The molecule has 0 saturated carbocycles. The number of halogens is 1. The van der Waals surface area contributed by atoms with E-state index in [1.807, 2.05) is 30.3 Å². The Morgan fingerprint density at radius 2 is 1.96 bits per heavy atom. The van der Waals surface area contributed by atoms with Crippen molar-refractivity contribution < 1.29 is 14.3 Å².